The molecule has 4 amide bonds. The Labute approximate surface area is 236 Å². The first-order valence-corrected chi connectivity index (χ1v) is 13.3. The summed E-state index contributed by atoms with van der Waals surface area (Å²) in [6, 6.07) is 3.11. The highest BCUT2D eigenvalue weighted by molar-refractivity contribution is 5.95. The Bertz CT molecular complexity index is 1310. The van der Waals surface area contributed by atoms with E-state index in [1.165, 1.54) is 4.90 Å². The molecule has 222 valence electrons. The van der Waals surface area contributed by atoms with E-state index in [2.05, 4.69) is 20.6 Å². The van der Waals surface area contributed by atoms with E-state index < -0.39 is 60.2 Å². The lowest BCUT2D eigenvalue weighted by atomic mass is 10.0. The van der Waals surface area contributed by atoms with E-state index in [-0.39, 0.29) is 31.8 Å². The monoisotopic (exact) mass is 571 g/mol. The predicted octanol–water partition coefficient (Wildman–Crippen LogP) is -1.99. The summed E-state index contributed by atoms with van der Waals surface area (Å²) in [4.78, 5) is 70.8. The number of primary amides is 1. The number of aliphatic imine (C=N–C) groups is 1. The number of hydrogen-bond donors (Lipinski definition) is 8. The number of para-hydroxylation sites is 1. The van der Waals surface area contributed by atoms with Gasteiger partial charge in [0.1, 0.15) is 18.1 Å². The van der Waals surface area contributed by atoms with Gasteiger partial charge in [-0.3, -0.25) is 24.2 Å². The summed E-state index contributed by atoms with van der Waals surface area (Å²) in [5.74, 6) is -4.34. The average molecular weight is 572 g/mol. The van der Waals surface area contributed by atoms with Gasteiger partial charge in [-0.25, -0.2) is 4.79 Å². The maximum absolute atomic E-state index is 13.3. The maximum atomic E-state index is 13.3. The summed E-state index contributed by atoms with van der Waals surface area (Å²) in [5, 5.41) is 15.2. The maximum Gasteiger partial charge on any atom is 0.326 e. The standard InChI is InChI=1S/C26H37N9O6/c27-16(11-14-13-32-17-6-2-1-5-15(14)17)24(39)35-10-4-8-20(35)23(38)33-18(7-3-9-31-26(29)30)22(37)34-19(25(40)41)12-21(28)36/h1-2,5-6,13,16,18-20,32H,3-4,7-12,27H2,(H2,28,36)(H,33,38)(H,34,37)(H,40,41)(H4,29,30,31). The number of carbonyl (C=O) groups is 5. The number of nitrogens with one attached hydrogen (secondary N) is 3. The van der Waals surface area contributed by atoms with Gasteiger partial charge in [0.05, 0.1) is 12.5 Å². The van der Waals surface area contributed by atoms with Gasteiger partial charge in [0.2, 0.25) is 23.6 Å². The van der Waals surface area contributed by atoms with Gasteiger partial charge in [-0.05, 0) is 43.7 Å². The SMILES string of the molecule is NC(=O)CC(NC(=O)C(CCCN=C(N)N)NC(=O)C1CCCN1C(=O)C(N)Cc1c[nH]c2ccccc12)C(=O)O. The number of likely N-dealkylation sites (tertiary alicyclic amines) is 1. The fraction of sp³-hybridized carbons (Fsp3) is 0.462. The fourth-order valence-corrected chi connectivity index (χ4v) is 4.85. The Kier molecular flexibility index (Phi) is 10.6. The number of carbonyl (C=O) groups excluding carboxylic acids is 4. The number of aromatic nitrogens is 1. The Morgan fingerprint density at radius 3 is 2.51 bits per heavy atom. The second-order valence-corrected chi connectivity index (χ2v) is 9.94. The zero-order chi connectivity index (χ0) is 30.1. The number of hydrogen-bond acceptors (Lipinski definition) is 7. The molecular weight excluding hydrogens is 534 g/mol. The molecule has 0 saturated carbocycles. The van der Waals surface area contributed by atoms with E-state index in [0.717, 1.165) is 16.5 Å². The van der Waals surface area contributed by atoms with Crippen LogP contribution in [-0.2, 0) is 30.4 Å². The van der Waals surface area contributed by atoms with E-state index in [0.29, 0.717) is 19.4 Å². The molecule has 41 heavy (non-hydrogen) atoms. The molecule has 1 aromatic heterocycles. The third kappa shape index (κ3) is 8.41. The zero-order valence-corrected chi connectivity index (χ0v) is 22.5. The first-order valence-electron chi connectivity index (χ1n) is 13.3. The molecule has 2 aromatic rings. The molecule has 12 N–H and O–H groups in total. The first-order chi connectivity index (χ1) is 19.5. The molecule has 1 aromatic carbocycles. The Hall–Kier alpha value is -4.66. The average Bonchev–Trinajstić information content (AvgIpc) is 3.57. The van der Waals surface area contributed by atoms with Crippen molar-refractivity contribution in [2.45, 2.75) is 62.7 Å². The van der Waals surface area contributed by atoms with Crippen LogP contribution >= 0.6 is 0 Å². The number of nitrogens with zero attached hydrogens (tertiary/aromatic N) is 2. The summed E-state index contributed by atoms with van der Waals surface area (Å²) in [6.07, 6.45) is 2.68. The highest BCUT2D eigenvalue weighted by atomic mass is 16.4. The van der Waals surface area contributed by atoms with E-state index >= 15 is 0 Å². The minimum atomic E-state index is -1.58. The van der Waals surface area contributed by atoms with Gasteiger partial charge in [0.15, 0.2) is 5.96 Å². The van der Waals surface area contributed by atoms with E-state index in [1.807, 2.05) is 24.3 Å². The molecule has 0 aliphatic carbocycles. The van der Waals surface area contributed by atoms with Gasteiger partial charge in [-0.1, -0.05) is 18.2 Å². The van der Waals surface area contributed by atoms with Gasteiger partial charge in [-0.2, -0.15) is 0 Å². The third-order valence-electron chi connectivity index (χ3n) is 6.87. The van der Waals surface area contributed by atoms with Crippen molar-refractivity contribution >= 4 is 46.5 Å². The van der Waals surface area contributed by atoms with Gasteiger partial charge >= 0.3 is 5.97 Å². The van der Waals surface area contributed by atoms with Gasteiger partial charge in [0.25, 0.3) is 0 Å². The van der Waals surface area contributed by atoms with Crippen LogP contribution in [0.3, 0.4) is 0 Å². The fourth-order valence-electron chi connectivity index (χ4n) is 4.85. The molecule has 4 unspecified atom stereocenters. The van der Waals surface area contributed by atoms with Crippen LogP contribution < -0.4 is 33.6 Å². The Balaban J connectivity index is 1.69. The van der Waals surface area contributed by atoms with Crippen LogP contribution in [0.15, 0.2) is 35.5 Å². The topological polar surface area (TPSA) is 265 Å². The van der Waals surface area contributed by atoms with Crippen molar-refractivity contribution in [3.05, 3.63) is 36.0 Å². The lowest BCUT2D eigenvalue weighted by Gasteiger charge is -2.28. The highest BCUT2D eigenvalue weighted by Gasteiger charge is 2.38. The molecule has 1 aliphatic heterocycles. The molecule has 3 rings (SSSR count). The Morgan fingerprint density at radius 2 is 1.83 bits per heavy atom. The molecular formula is C26H37N9O6. The second kappa shape index (κ2) is 14.1. The summed E-state index contributed by atoms with van der Waals surface area (Å²) >= 11 is 0. The number of fused-ring (bicyclic) bond motifs is 1. The van der Waals surface area contributed by atoms with Crippen molar-refractivity contribution < 1.29 is 29.1 Å². The van der Waals surface area contributed by atoms with Crippen LogP contribution in [0.25, 0.3) is 10.9 Å². The third-order valence-corrected chi connectivity index (χ3v) is 6.87. The van der Waals surface area contributed by atoms with Gasteiger partial charge in [-0.15, -0.1) is 0 Å². The van der Waals surface area contributed by atoms with Crippen molar-refractivity contribution in [2.24, 2.45) is 27.9 Å². The normalized spacial score (nSPS) is 16.9. The minimum absolute atomic E-state index is 0.0536. The number of aromatic amines is 1. The highest BCUT2D eigenvalue weighted by Crippen LogP contribution is 2.22. The number of nitrogens with two attached hydrogens (primary N) is 4. The predicted molar refractivity (Wildman–Crippen MR) is 150 cm³/mol. The van der Waals surface area contributed by atoms with E-state index in [9.17, 15) is 29.1 Å². The number of H-pyrrole nitrogens is 1. The molecule has 0 radical (unpaired) electrons. The number of benzene rings is 1. The molecule has 1 saturated heterocycles. The molecule has 1 aliphatic rings. The lowest BCUT2D eigenvalue weighted by molar-refractivity contribution is -0.144. The number of amides is 4. The molecule has 0 spiro atoms. The summed E-state index contributed by atoms with van der Waals surface area (Å²) in [5.41, 5.74) is 23.9. The number of carboxylic acids is 1. The van der Waals surface area contributed by atoms with Crippen LogP contribution in [0.5, 0.6) is 0 Å². The number of aliphatic carboxylic acids is 1. The number of guanidine groups is 1. The summed E-state index contributed by atoms with van der Waals surface area (Å²) in [7, 11) is 0. The number of carboxylic acid groups (broad SMARTS) is 1. The van der Waals surface area contributed by atoms with Crippen LogP contribution in [-0.4, -0.2) is 87.8 Å². The van der Waals surface area contributed by atoms with Crippen LogP contribution in [0.1, 0.15) is 37.7 Å². The van der Waals surface area contributed by atoms with Crippen LogP contribution in [0, 0.1) is 0 Å². The molecule has 2 heterocycles. The summed E-state index contributed by atoms with van der Waals surface area (Å²) < 4.78 is 0. The van der Waals surface area contributed by atoms with Gasteiger partial charge in [0, 0.05) is 30.2 Å². The van der Waals surface area contributed by atoms with E-state index in [4.69, 9.17) is 22.9 Å². The molecule has 15 nitrogen and oxygen atoms in total. The van der Waals surface area contributed by atoms with Crippen molar-refractivity contribution in [1.82, 2.24) is 20.5 Å². The second-order valence-electron chi connectivity index (χ2n) is 9.94. The van der Waals surface area contributed by atoms with Crippen molar-refractivity contribution in [3.63, 3.8) is 0 Å². The van der Waals surface area contributed by atoms with Crippen molar-refractivity contribution in [1.29, 1.82) is 0 Å². The van der Waals surface area contributed by atoms with E-state index in [1.54, 1.807) is 6.20 Å². The van der Waals surface area contributed by atoms with Crippen molar-refractivity contribution in [3.8, 4) is 0 Å². The van der Waals surface area contributed by atoms with Crippen LogP contribution in [0.2, 0.25) is 0 Å². The number of rotatable bonds is 14. The van der Waals surface area contributed by atoms with Crippen molar-refractivity contribution in [2.75, 3.05) is 13.1 Å². The summed E-state index contributed by atoms with van der Waals surface area (Å²) in [6.45, 7) is 0.474. The quantitative estimate of drug-likeness (QED) is 0.0707. The Morgan fingerprint density at radius 1 is 1.10 bits per heavy atom. The molecule has 0 bridgehead atoms. The molecule has 4 atom stereocenters. The molecule has 15 heteroatoms. The molecule has 1 fully saturated rings. The smallest absolute Gasteiger partial charge is 0.326 e. The minimum Gasteiger partial charge on any atom is -0.480 e. The lowest BCUT2D eigenvalue weighted by Crippen LogP contribution is -2.57. The first kappa shape index (κ1) is 30.9. The van der Waals surface area contributed by atoms with Gasteiger partial charge < -0.3 is 48.6 Å². The zero-order valence-electron chi connectivity index (χ0n) is 22.5. The van der Waals surface area contributed by atoms with Crippen LogP contribution in [0.4, 0.5) is 0 Å². The largest absolute Gasteiger partial charge is 0.480 e.